The molecule has 0 aliphatic carbocycles. The van der Waals surface area contributed by atoms with Crippen molar-refractivity contribution < 1.29 is 19.1 Å². The minimum absolute atomic E-state index is 0.207. The molecule has 156 valence electrons. The quantitative estimate of drug-likeness (QED) is 0.767. The molecule has 1 heterocycles. The van der Waals surface area contributed by atoms with Crippen LogP contribution in [-0.2, 0) is 14.3 Å². The van der Waals surface area contributed by atoms with Crippen molar-refractivity contribution >= 4 is 29.3 Å². The number of carbonyl (C=O) groups excluding carboxylic acids is 2. The minimum atomic E-state index is -0.891. The zero-order chi connectivity index (χ0) is 21.4. The topological polar surface area (TPSA) is 67.9 Å². The molecular formula is C22H28N2O4S. The molecular weight excluding hydrogens is 388 g/mol. The zero-order valence-electron chi connectivity index (χ0n) is 17.5. The molecule has 2 aromatic carbocycles. The predicted molar refractivity (Wildman–Crippen MR) is 117 cm³/mol. The molecule has 0 spiro atoms. The summed E-state index contributed by atoms with van der Waals surface area (Å²) in [6.07, 6.45) is -0.891. The molecule has 0 fully saturated rings. The minimum Gasteiger partial charge on any atom is -0.497 e. The fourth-order valence-electron chi connectivity index (χ4n) is 3.03. The lowest BCUT2D eigenvalue weighted by molar-refractivity contribution is -0.152. The molecule has 1 aliphatic heterocycles. The Labute approximate surface area is 176 Å². The lowest BCUT2D eigenvalue weighted by Crippen LogP contribution is -2.42. The molecule has 1 aliphatic rings. The van der Waals surface area contributed by atoms with Crippen molar-refractivity contribution in [2.24, 2.45) is 0 Å². The Morgan fingerprint density at radius 3 is 2.31 bits per heavy atom. The molecule has 0 saturated heterocycles. The number of likely N-dealkylation sites (N-methyl/N-ethyl adjacent to an activating group) is 1. The number of anilines is 1. The molecule has 2 atom stereocenters. The molecule has 0 bridgehead atoms. The number of hydrogen-bond acceptors (Lipinski definition) is 6. The van der Waals surface area contributed by atoms with Crippen LogP contribution >= 0.6 is 11.8 Å². The molecule has 0 aromatic heterocycles. The average Bonchev–Trinajstić information content (AvgIpc) is 2.83. The first kappa shape index (κ1) is 22.8. The summed E-state index contributed by atoms with van der Waals surface area (Å²) < 4.78 is 10.7. The van der Waals surface area contributed by atoms with Crippen LogP contribution in [0, 0.1) is 0 Å². The number of hydrogen-bond donors (Lipinski definition) is 1. The Bertz CT molecular complexity index is 826. The van der Waals surface area contributed by atoms with Gasteiger partial charge in [-0.15, -0.1) is 11.8 Å². The Balaban J connectivity index is 0.000000941. The van der Waals surface area contributed by atoms with E-state index in [1.807, 2.05) is 69.6 Å². The third kappa shape index (κ3) is 5.52. The van der Waals surface area contributed by atoms with E-state index in [0.717, 1.165) is 21.9 Å². The second kappa shape index (κ2) is 10.9. The summed E-state index contributed by atoms with van der Waals surface area (Å²) in [7, 11) is 5.36. The Morgan fingerprint density at radius 1 is 1.14 bits per heavy atom. The average molecular weight is 417 g/mol. The number of para-hydroxylation sites is 1. The van der Waals surface area contributed by atoms with Gasteiger partial charge < -0.3 is 19.7 Å². The van der Waals surface area contributed by atoms with Gasteiger partial charge in [0, 0.05) is 18.4 Å². The van der Waals surface area contributed by atoms with Gasteiger partial charge >= 0.3 is 5.97 Å². The van der Waals surface area contributed by atoms with Crippen LogP contribution in [0.25, 0.3) is 0 Å². The van der Waals surface area contributed by atoms with E-state index in [2.05, 4.69) is 5.32 Å². The number of benzene rings is 2. The fraction of sp³-hybridized carbons (Fsp3) is 0.364. The van der Waals surface area contributed by atoms with E-state index < -0.39 is 12.1 Å². The molecule has 0 radical (unpaired) electrons. The molecule has 29 heavy (non-hydrogen) atoms. The second-order valence-electron chi connectivity index (χ2n) is 6.39. The highest BCUT2D eigenvalue weighted by Crippen LogP contribution is 2.46. The number of carbonyl (C=O) groups is 2. The summed E-state index contributed by atoms with van der Waals surface area (Å²) >= 11 is 1.54. The van der Waals surface area contributed by atoms with Crippen LogP contribution in [0.3, 0.4) is 0 Å². The lowest BCUT2D eigenvalue weighted by atomic mass is 10.1. The van der Waals surface area contributed by atoms with Gasteiger partial charge in [-0.1, -0.05) is 24.3 Å². The summed E-state index contributed by atoms with van der Waals surface area (Å²) in [4.78, 5) is 27.5. The smallest absolute Gasteiger partial charge is 0.303 e. The van der Waals surface area contributed by atoms with Gasteiger partial charge in [-0.3, -0.25) is 9.59 Å². The Kier molecular flexibility index (Phi) is 8.54. The van der Waals surface area contributed by atoms with Gasteiger partial charge in [0.15, 0.2) is 6.10 Å². The van der Waals surface area contributed by atoms with E-state index in [9.17, 15) is 9.59 Å². The van der Waals surface area contributed by atoms with Gasteiger partial charge in [0.2, 0.25) is 0 Å². The first-order chi connectivity index (χ1) is 14.0. The predicted octanol–water partition coefficient (Wildman–Crippen LogP) is 3.66. The van der Waals surface area contributed by atoms with Gasteiger partial charge in [0.05, 0.1) is 18.0 Å². The molecule has 3 rings (SSSR count). The number of amides is 1. The standard InChI is InChI=1S/C20H21NO4S.C2H7N/c1-4-21-16-7-5-6-8-17(16)26-19(18(20(21)23)25-13(2)22)14-9-11-15(24-3)12-10-14;1-3-2/h5-12,18-19H,4H2,1-3H3;3H,1-2H3. The van der Waals surface area contributed by atoms with Crippen molar-refractivity contribution in [1.82, 2.24) is 5.32 Å². The van der Waals surface area contributed by atoms with E-state index in [4.69, 9.17) is 9.47 Å². The summed E-state index contributed by atoms with van der Waals surface area (Å²) in [5, 5.41) is 2.41. The maximum absolute atomic E-state index is 13.2. The van der Waals surface area contributed by atoms with Crippen LogP contribution in [0.5, 0.6) is 5.75 Å². The van der Waals surface area contributed by atoms with Crippen LogP contribution in [-0.4, -0.2) is 45.7 Å². The maximum atomic E-state index is 13.2. The van der Waals surface area contributed by atoms with E-state index >= 15 is 0 Å². The van der Waals surface area contributed by atoms with Crippen molar-refractivity contribution in [3.8, 4) is 5.75 Å². The van der Waals surface area contributed by atoms with Gasteiger partial charge in [-0.05, 0) is 50.8 Å². The number of nitrogens with zero attached hydrogens (tertiary/aromatic N) is 1. The van der Waals surface area contributed by atoms with Crippen LogP contribution in [0.1, 0.15) is 24.7 Å². The second-order valence-corrected chi connectivity index (χ2v) is 7.58. The van der Waals surface area contributed by atoms with Crippen LogP contribution < -0.4 is 15.0 Å². The SMILES string of the molecule is CCN1C(=O)C(OC(C)=O)C(c2ccc(OC)cc2)Sc2ccccc21.CNC. The van der Waals surface area contributed by atoms with Crippen molar-refractivity contribution in [1.29, 1.82) is 0 Å². The Morgan fingerprint density at radius 2 is 1.76 bits per heavy atom. The monoisotopic (exact) mass is 416 g/mol. The van der Waals surface area contributed by atoms with E-state index in [1.165, 1.54) is 18.7 Å². The van der Waals surface area contributed by atoms with Gasteiger partial charge in [0.1, 0.15) is 5.75 Å². The molecule has 1 amide bonds. The third-order valence-electron chi connectivity index (χ3n) is 4.25. The molecule has 7 heteroatoms. The summed E-state index contributed by atoms with van der Waals surface area (Å²) in [5.74, 6) is 0.0590. The van der Waals surface area contributed by atoms with Gasteiger partial charge in [-0.2, -0.15) is 0 Å². The summed E-state index contributed by atoms with van der Waals surface area (Å²) in [5.41, 5.74) is 1.75. The number of methoxy groups -OCH3 is 1. The molecule has 0 saturated carbocycles. The first-order valence-electron chi connectivity index (χ1n) is 9.43. The maximum Gasteiger partial charge on any atom is 0.303 e. The van der Waals surface area contributed by atoms with Crippen molar-refractivity contribution in [2.45, 2.75) is 30.1 Å². The van der Waals surface area contributed by atoms with Crippen molar-refractivity contribution in [3.05, 3.63) is 54.1 Å². The lowest BCUT2D eigenvalue weighted by Gasteiger charge is -2.26. The van der Waals surface area contributed by atoms with E-state index in [0.29, 0.717) is 6.54 Å². The van der Waals surface area contributed by atoms with E-state index in [1.54, 1.807) is 12.0 Å². The van der Waals surface area contributed by atoms with Crippen LogP contribution in [0.4, 0.5) is 5.69 Å². The van der Waals surface area contributed by atoms with Crippen molar-refractivity contribution in [2.75, 3.05) is 32.6 Å². The zero-order valence-corrected chi connectivity index (χ0v) is 18.3. The highest BCUT2D eigenvalue weighted by molar-refractivity contribution is 7.99. The molecule has 6 nitrogen and oxygen atoms in total. The first-order valence-corrected chi connectivity index (χ1v) is 10.3. The summed E-state index contributed by atoms with van der Waals surface area (Å²) in [6.45, 7) is 3.75. The van der Waals surface area contributed by atoms with Crippen LogP contribution in [0.2, 0.25) is 0 Å². The Hall–Kier alpha value is -2.51. The largest absolute Gasteiger partial charge is 0.497 e. The number of esters is 1. The highest BCUT2D eigenvalue weighted by Gasteiger charge is 2.40. The molecule has 1 N–H and O–H groups in total. The number of nitrogens with one attached hydrogen (secondary N) is 1. The molecule has 2 aromatic rings. The fourth-order valence-corrected chi connectivity index (χ4v) is 4.35. The number of rotatable bonds is 4. The van der Waals surface area contributed by atoms with Crippen LogP contribution in [0.15, 0.2) is 53.4 Å². The van der Waals surface area contributed by atoms with Gasteiger partial charge in [-0.25, -0.2) is 0 Å². The van der Waals surface area contributed by atoms with E-state index in [-0.39, 0.29) is 11.2 Å². The highest BCUT2D eigenvalue weighted by atomic mass is 32.2. The number of thioether (sulfide) groups is 1. The third-order valence-corrected chi connectivity index (χ3v) is 5.62. The number of fused-ring (bicyclic) bond motifs is 1. The number of ether oxygens (including phenoxy) is 2. The normalized spacial score (nSPS) is 18.1. The van der Waals surface area contributed by atoms with Crippen molar-refractivity contribution in [3.63, 3.8) is 0 Å². The summed E-state index contributed by atoms with van der Waals surface area (Å²) in [6, 6.07) is 15.3. The van der Waals surface area contributed by atoms with Gasteiger partial charge in [0.25, 0.3) is 5.91 Å². The molecule has 2 unspecified atom stereocenters.